The Hall–Kier alpha value is -1.24. The smallest absolute Gasteiger partial charge is 0.129 e. The Labute approximate surface area is 106 Å². The fourth-order valence-electron chi connectivity index (χ4n) is 1.86. The van der Waals surface area contributed by atoms with Crippen molar-refractivity contribution in [3.63, 3.8) is 0 Å². The molecule has 0 bridgehead atoms. The fraction of sp³-hybridized carbons (Fsp3) is 0.500. The van der Waals surface area contributed by atoms with E-state index in [-0.39, 0.29) is 0 Å². The molecule has 1 rings (SSSR count). The van der Waals surface area contributed by atoms with Crippen LogP contribution in [0.4, 0.5) is 0 Å². The number of allylic oxidation sites excluding steroid dienone is 1. The lowest BCUT2D eigenvalue weighted by molar-refractivity contribution is 0.406. The van der Waals surface area contributed by atoms with Crippen molar-refractivity contribution in [2.75, 3.05) is 7.11 Å². The van der Waals surface area contributed by atoms with Gasteiger partial charge in [0.25, 0.3) is 0 Å². The van der Waals surface area contributed by atoms with Crippen LogP contribution in [0.2, 0.25) is 0 Å². The van der Waals surface area contributed by atoms with Crippen LogP contribution < -0.4 is 4.74 Å². The molecule has 0 aliphatic rings. The summed E-state index contributed by atoms with van der Waals surface area (Å²) < 4.78 is 5.54. The standard InChI is InChI=1S/C16H24O/c1-12(2)8-6-9-14-10-7-11-15(13(3)4)16(14)17-5/h6-7,9-13H,8H2,1-5H3/b9-6-. The summed E-state index contributed by atoms with van der Waals surface area (Å²) in [5.74, 6) is 2.21. The van der Waals surface area contributed by atoms with E-state index in [2.05, 4.69) is 58.0 Å². The van der Waals surface area contributed by atoms with E-state index in [0.717, 1.165) is 12.2 Å². The second-order valence-electron chi connectivity index (χ2n) is 5.16. The quantitative estimate of drug-likeness (QED) is 0.703. The molecule has 0 aliphatic carbocycles. The predicted octanol–water partition coefficient (Wildman–Crippen LogP) is 4.88. The van der Waals surface area contributed by atoms with Gasteiger partial charge in [0.2, 0.25) is 0 Å². The van der Waals surface area contributed by atoms with Crippen molar-refractivity contribution >= 4 is 6.08 Å². The maximum atomic E-state index is 5.54. The van der Waals surface area contributed by atoms with Crippen LogP contribution in [0.1, 0.15) is 51.2 Å². The third-order valence-corrected chi connectivity index (χ3v) is 2.81. The largest absolute Gasteiger partial charge is 0.496 e. The Bertz CT molecular complexity index is 375. The molecule has 0 radical (unpaired) electrons. The number of hydrogen-bond acceptors (Lipinski definition) is 1. The Kier molecular flexibility index (Phi) is 5.27. The zero-order chi connectivity index (χ0) is 12.8. The molecule has 0 fully saturated rings. The number of rotatable bonds is 5. The topological polar surface area (TPSA) is 9.23 Å². The minimum absolute atomic E-state index is 0.489. The Morgan fingerprint density at radius 2 is 1.88 bits per heavy atom. The molecule has 0 saturated heterocycles. The second-order valence-corrected chi connectivity index (χ2v) is 5.16. The third-order valence-electron chi connectivity index (χ3n) is 2.81. The van der Waals surface area contributed by atoms with Gasteiger partial charge < -0.3 is 4.74 Å². The summed E-state index contributed by atoms with van der Waals surface area (Å²) in [7, 11) is 1.75. The van der Waals surface area contributed by atoms with Crippen molar-refractivity contribution in [3.8, 4) is 5.75 Å². The molecule has 0 aromatic heterocycles. The van der Waals surface area contributed by atoms with Crippen LogP contribution in [0.15, 0.2) is 24.3 Å². The monoisotopic (exact) mass is 232 g/mol. The number of benzene rings is 1. The lowest BCUT2D eigenvalue weighted by atomic mass is 9.98. The molecule has 0 unspecified atom stereocenters. The van der Waals surface area contributed by atoms with Crippen molar-refractivity contribution in [1.29, 1.82) is 0 Å². The van der Waals surface area contributed by atoms with Crippen LogP contribution in [-0.4, -0.2) is 7.11 Å². The highest BCUT2D eigenvalue weighted by molar-refractivity contribution is 5.60. The summed E-state index contributed by atoms with van der Waals surface area (Å²) in [4.78, 5) is 0. The van der Waals surface area contributed by atoms with Gasteiger partial charge >= 0.3 is 0 Å². The lowest BCUT2D eigenvalue weighted by Gasteiger charge is -2.14. The van der Waals surface area contributed by atoms with Gasteiger partial charge in [0.15, 0.2) is 0 Å². The normalized spacial score (nSPS) is 11.7. The van der Waals surface area contributed by atoms with Gasteiger partial charge in [-0.1, -0.05) is 58.0 Å². The molecule has 0 amide bonds. The molecule has 0 saturated carbocycles. The summed E-state index contributed by atoms with van der Waals surface area (Å²) in [6.07, 6.45) is 5.51. The molecule has 1 nitrogen and oxygen atoms in total. The zero-order valence-electron chi connectivity index (χ0n) is 11.7. The molecule has 1 heteroatoms. The van der Waals surface area contributed by atoms with E-state index in [1.54, 1.807) is 7.11 Å². The molecule has 1 aromatic carbocycles. The Morgan fingerprint density at radius 3 is 2.41 bits per heavy atom. The lowest BCUT2D eigenvalue weighted by Crippen LogP contribution is -1.96. The summed E-state index contributed by atoms with van der Waals surface area (Å²) in [5.41, 5.74) is 2.46. The van der Waals surface area contributed by atoms with Gasteiger partial charge in [-0.25, -0.2) is 0 Å². The van der Waals surface area contributed by atoms with Gasteiger partial charge in [-0.15, -0.1) is 0 Å². The van der Waals surface area contributed by atoms with E-state index in [0.29, 0.717) is 11.8 Å². The zero-order valence-corrected chi connectivity index (χ0v) is 11.7. The molecule has 0 N–H and O–H groups in total. The van der Waals surface area contributed by atoms with Crippen LogP contribution in [0.25, 0.3) is 6.08 Å². The van der Waals surface area contributed by atoms with Gasteiger partial charge in [0.1, 0.15) is 5.75 Å². The number of methoxy groups -OCH3 is 1. The first-order chi connectivity index (χ1) is 8.06. The maximum absolute atomic E-state index is 5.54. The van der Waals surface area contributed by atoms with Crippen molar-refractivity contribution < 1.29 is 4.74 Å². The van der Waals surface area contributed by atoms with E-state index in [1.165, 1.54) is 11.1 Å². The molecular weight excluding hydrogens is 208 g/mol. The highest BCUT2D eigenvalue weighted by Gasteiger charge is 2.09. The fourth-order valence-corrected chi connectivity index (χ4v) is 1.86. The molecule has 0 spiro atoms. The number of ether oxygens (including phenoxy) is 1. The molecule has 1 aromatic rings. The van der Waals surface area contributed by atoms with Crippen LogP contribution in [0.3, 0.4) is 0 Å². The number of para-hydroxylation sites is 1. The molecule has 94 valence electrons. The van der Waals surface area contributed by atoms with Gasteiger partial charge in [-0.3, -0.25) is 0 Å². The van der Waals surface area contributed by atoms with E-state index in [4.69, 9.17) is 4.74 Å². The highest BCUT2D eigenvalue weighted by Crippen LogP contribution is 2.30. The average Bonchev–Trinajstić information content (AvgIpc) is 2.28. The van der Waals surface area contributed by atoms with Gasteiger partial charge in [0, 0.05) is 5.56 Å². The van der Waals surface area contributed by atoms with Crippen LogP contribution in [0.5, 0.6) is 5.75 Å². The second kappa shape index (κ2) is 6.48. The first-order valence-electron chi connectivity index (χ1n) is 6.39. The van der Waals surface area contributed by atoms with Crippen molar-refractivity contribution in [1.82, 2.24) is 0 Å². The minimum Gasteiger partial charge on any atom is -0.496 e. The predicted molar refractivity (Wildman–Crippen MR) is 75.6 cm³/mol. The highest BCUT2D eigenvalue weighted by atomic mass is 16.5. The number of hydrogen-bond donors (Lipinski definition) is 0. The van der Waals surface area contributed by atoms with Gasteiger partial charge in [-0.05, 0) is 23.8 Å². The van der Waals surface area contributed by atoms with Crippen molar-refractivity contribution in [2.45, 2.75) is 40.0 Å². The van der Waals surface area contributed by atoms with Crippen LogP contribution in [0, 0.1) is 5.92 Å². The third kappa shape index (κ3) is 3.92. The molecular formula is C16H24O. The molecule has 0 aliphatic heterocycles. The van der Waals surface area contributed by atoms with Gasteiger partial charge in [-0.2, -0.15) is 0 Å². The first kappa shape index (κ1) is 13.8. The van der Waals surface area contributed by atoms with Crippen LogP contribution in [-0.2, 0) is 0 Å². The van der Waals surface area contributed by atoms with E-state index in [9.17, 15) is 0 Å². The van der Waals surface area contributed by atoms with E-state index < -0.39 is 0 Å². The van der Waals surface area contributed by atoms with E-state index in [1.807, 2.05) is 0 Å². The Balaban J connectivity index is 2.99. The summed E-state index contributed by atoms with van der Waals surface area (Å²) in [6, 6.07) is 6.36. The molecule has 17 heavy (non-hydrogen) atoms. The summed E-state index contributed by atoms with van der Waals surface area (Å²) in [6.45, 7) is 8.84. The minimum atomic E-state index is 0.489. The molecule has 0 heterocycles. The summed E-state index contributed by atoms with van der Waals surface area (Å²) >= 11 is 0. The van der Waals surface area contributed by atoms with Crippen molar-refractivity contribution in [2.24, 2.45) is 5.92 Å². The van der Waals surface area contributed by atoms with E-state index >= 15 is 0 Å². The Morgan fingerprint density at radius 1 is 1.18 bits per heavy atom. The van der Waals surface area contributed by atoms with Crippen molar-refractivity contribution in [3.05, 3.63) is 35.4 Å². The first-order valence-corrected chi connectivity index (χ1v) is 6.39. The molecule has 0 atom stereocenters. The summed E-state index contributed by atoms with van der Waals surface area (Å²) in [5, 5.41) is 0. The SMILES string of the molecule is COc1c(/C=C\CC(C)C)cccc1C(C)C. The van der Waals surface area contributed by atoms with Crippen LogP contribution >= 0.6 is 0 Å². The average molecular weight is 232 g/mol. The maximum Gasteiger partial charge on any atom is 0.129 e. The van der Waals surface area contributed by atoms with Gasteiger partial charge in [0.05, 0.1) is 7.11 Å².